The molecule has 1 N–H and O–H groups in total. The van der Waals surface area contributed by atoms with Crippen molar-refractivity contribution in [3.63, 3.8) is 0 Å². The Morgan fingerprint density at radius 3 is 2.75 bits per heavy atom. The summed E-state index contributed by atoms with van der Waals surface area (Å²) in [6.45, 7) is 4.69. The second kappa shape index (κ2) is 8.55. The third kappa shape index (κ3) is 4.83. The summed E-state index contributed by atoms with van der Waals surface area (Å²) in [4.78, 5) is 16.1. The number of ether oxygens (including phenoxy) is 1. The van der Waals surface area contributed by atoms with Crippen molar-refractivity contribution in [2.75, 3.05) is 57.7 Å². The number of hydrogen-bond donors (Lipinski definition) is 1. The molecule has 0 heterocycles. The van der Waals surface area contributed by atoms with Crippen LogP contribution in [-0.4, -0.2) is 58.3 Å². The Morgan fingerprint density at radius 1 is 1.40 bits per heavy atom. The van der Waals surface area contributed by atoms with E-state index in [0.717, 1.165) is 24.5 Å². The molecule has 112 valence electrons. The zero-order valence-corrected chi connectivity index (χ0v) is 12.8. The van der Waals surface area contributed by atoms with Crippen molar-refractivity contribution in [2.45, 2.75) is 6.92 Å². The Kier molecular flexibility index (Phi) is 7.04. The van der Waals surface area contributed by atoms with Gasteiger partial charge >= 0.3 is 0 Å². The molecule has 0 atom stereocenters. The molecule has 0 unspecified atom stereocenters. The SMILES string of the molecule is CCN(CCOC)CC(=O)N(C)c1cccc(NC)c1. The van der Waals surface area contributed by atoms with Crippen molar-refractivity contribution < 1.29 is 9.53 Å². The highest BCUT2D eigenvalue weighted by atomic mass is 16.5. The molecule has 20 heavy (non-hydrogen) atoms. The van der Waals surface area contributed by atoms with Crippen LogP contribution in [0.1, 0.15) is 6.92 Å². The van der Waals surface area contributed by atoms with Crippen LogP contribution < -0.4 is 10.2 Å². The minimum atomic E-state index is 0.0798. The van der Waals surface area contributed by atoms with E-state index in [1.807, 2.05) is 38.2 Å². The number of nitrogens with zero attached hydrogens (tertiary/aromatic N) is 2. The average Bonchev–Trinajstić information content (AvgIpc) is 2.50. The summed E-state index contributed by atoms with van der Waals surface area (Å²) in [6, 6.07) is 7.81. The van der Waals surface area contributed by atoms with Gasteiger partial charge < -0.3 is 15.0 Å². The van der Waals surface area contributed by atoms with Gasteiger partial charge in [-0.05, 0) is 24.7 Å². The molecule has 0 fully saturated rings. The van der Waals surface area contributed by atoms with Crippen LogP contribution in [0.25, 0.3) is 0 Å². The summed E-state index contributed by atoms with van der Waals surface area (Å²) in [6.07, 6.45) is 0. The predicted molar refractivity (Wildman–Crippen MR) is 83.4 cm³/mol. The number of likely N-dealkylation sites (N-methyl/N-ethyl adjacent to an activating group) is 2. The fraction of sp³-hybridized carbons (Fsp3) is 0.533. The smallest absolute Gasteiger partial charge is 0.240 e. The minimum absolute atomic E-state index is 0.0798. The Bertz CT molecular complexity index is 423. The highest BCUT2D eigenvalue weighted by Gasteiger charge is 2.14. The van der Waals surface area contributed by atoms with Crippen LogP contribution in [0.5, 0.6) is 0 Å². The van der Waals surface area contributed by atoms with Crippen molar-refractivity contribution in [1.29, 1.82) is 0 Å². The highest BCUT2D eigenvalue weighted by Crippen LogP contribution is 2.18. The third-order valence-electron chi connectivity index (χ3n) is 3.31. The zero-order valence-electron chi connectivity index (χ0n) is 12.8. The molecule has 1 aromatic rings. The number of methoxy groups -OCH3 is 1. The standard InChI is InChI=1S/C15H25N3O2/c1-5-18(9-10-20-4)12-15(19)17(3)14-8-6-7-13(11-14)16-2/h6-8,11,16H,5,9-10,12H2,1-4H3. The molecule has 0 saturated carbocycles. The van der Waals surface area contributed by atoms with Crippen LogP contribution in [0.4, 0.5) is 11.4 Å². The summed E-state index contributed by atoms with van der Waals surface area (Å²) < 4.78 is 5.06. The molecule has 0 aliphatic carbocycles. The van der Waals surface area contributed by atoms with E-state index in [1.54, 1.807) is 19.1 Å². The van der Waals surface area contributed by atoms with Crippen molar-refractivity contribution in [3.8, 4) is 0 Å². The molecule has 0 bridgehead atoms. The van der Waals surface area contributed by atoms with Crippen LogP contribution in [0.2, 0.25) is 0 Å². The molecule has 0 aliphatic heterocycles. The van der Waals surface area contributed by atoms with Crippen LogP contribution >= 0.6 is 0 Å². The second-order valence-corrected chi connectivity index (χ2v) is 4.61. The summed E-state index contributed by atoms with van der Waals surface area (Å²) in [5, 5.41) is 3.08. The summed E-state index contributed by atoms with van der Waals surface area (Å²) in [5.41, 5.74) is 1.89. The molecule has 1 amide bonds. The monoisotopic (exact) mass is 279 g/mol. The van der Waals surface area contributed by atoms with Gasteiger partial charge in [0.05, 0.1) is 13.2 Å². The third-order valence-corrected chi connectivity index (χ3v) is 3.31. The van der Waals surface area contributed by atoms with Crippen LogP contribution in [0.3, 0.4) is 0 Å². The van der Waals surface area contributed by atoms with E-state index in [2.05, 4.69) is 10.2 Å². The van der Waals surface area contributed by atoms with Gasteiger partial charge in [0.1, 0.15) is 0 Å². The number of benzene rings is 1. The van der Waals surface area contributed by atoms with Crippen LogP contribution in [0.15, 0.2) is 24.3 Å². The zero-order chi connectivity index (χ0) is 15.0. The van der Waals surface area contributed by atoms with Gasteiger partial charge in [-0.1, -0.05) is 13.0 Å². The van der Waals surface area contributed by atoms with Crippen molar-refractivity contribution in [3.05, 3.63) is 24.3 Å². The molecule has 1 aromatic carbocycles. The van der Waals surface area contributed by atoms with Crippen molar-refractivity contribution in [1.82, 2.24) is 4.90 Å². The van der Waals surface area contributed by atoms with Gasteiger partial charge in [-0.15, -0.1) is 0 Å². The maximum atomic E-state index is 12.3. The molecule has 1 rings (SSSR count). The van der Waals surface area contributed by atoms with E-state index in [9.17, 15) is 4.79 Å². The van der Waals surface area contributed by atoms with E-state index in [4.69, 9.17) is 4.74 Å². The number of amides is 1. The number of carbonyl (C=O) groups excluding carboxylic acids is 1. The number of rotatable bonds is 8. The topological polar surface area (TPSA) is 44.8 Å². The molecule has 0 aliphatic rings. The lowest BCUT2D eigenvalue weighted by Crippen LogP contribution is -2.39. The lowest BCUT2D eigenvalue weighted by molar-refractivity contribution is -0.119. The summed E-state index contributed by atoms with van der Waals surface area (Å²) in [5.74, 6) is 0.0798. The van der Waals surface area contributed by atoms with Gasteiger partial charge in [-0.3, -0.25) is 9.69 Å². The van der Waals surface area contributed by atoms with E-state index in [1.165, 1.54) is 0 Å². The van der Waals surface area contributed by atoms with E-state index in [0.29, 0.717) is 13.2 Å². The number of anilines is 2. The second-order valence-electron chi connectivity index (χ2n) is 4.61. The first-order chi connectivity index (χ1) is 9.62. The molecule has 0 spiro atoms. The van der Waals surface area contributed by atoms with Crippen molar-refractivity contribution >= 4 is 17.3 Å². The van der Waals surface area contributed by atoms with Crippen LogP contribution in [-0.2, 0) is 9.53 Å². The molecule has 0 aromatic heterocycles. The number of carbonyl (C=O) groups is 1. The molecule has 5 nitrogen and oxygen atoms in total. The molecular formula is C15H25N3O2. The first-order valence-corrected chi connectivity index (χ1v) is 6.88. The molecular weight excluding hydrogens is 254 g/mol. The van der Waals surface area contributed by atoms with Gasteiger partial charge in [0.2, 0.25) is 5.91 Å². The molecule has 5 heteroatoms. The average molecular weight is 279 g/mol. The maximum Gasteiger partial charge on any atom is 0.240 e. The summed E-state index contributed by atoms with van der Waals surface area (Å²) in [7, 11) is 5.34. The first kappa shape index (κ1) is 16.5. The summed E-state index contributed by atoms with van der Waals surface area (Å²) >= 11 is 0. The Labute approximate surface area is 121 Å². The Hall–Kier alpha value is -1.59. The van der Waals surface area contributed by atoms with Crippen LogP contribution in [0, 0.1) is 0 Å². The quantitative estimate of drug-likeness (QED) is 0.786. The van der Waals surface area contributed by atoms with Crippen molar-refractivity contribution in [2.24, 2.45) is 0 Å². The predicted octanol–water partition coefficient (Wildman–Crippen LogP) is 1.66. The van der Waals surface area contributed by atoms with Gasteiger partial charge in [0.25, 0.3) is 0 Å². The fourth-order valence-electron chi connectivity index (χ4n) is 1.88. The first-order valence-electron chi connectivity index (χ1n) is 6.88. The molecule has 0 saturated heterocycles. The number of nitrogens with one attached hydrogen (secondary N) is 1. The minimum Gasteiger partial charge on any atom is -0.388 e. The van der Waals surface area contributed by atoms with Gasteiger partial charge in [0, 0.05) is 39.1 Å². The van der Waals surface area contributed by atoms with Gasteiger partial charge in [-0.25, -0.2) is 0 Å². The van der Waals surface area contributed by atoms with Gasteiger partial charge in [-0.2, -0.15) is 0 Å². The normalized spacial score (nSPS) is 10.7. The molecule has 0 radical (unpaired) electrons. The largest absolute Gasteiger partial charge is 0.388 e. The number of hydrogen-bond acceptors (Lipinski definition) is 4. The van der Waals surface area contributed by atoms with E-state index < -0.39 is 0 Å². The highest BCUT2D eigenvalue weighted by molar-refractivity contribution is 5.94. The van der Waals surface area contributed by atoms with Gasteiger partial charge in [0.15, 0.2) is 0 Å². The van der Waals surface area contributed by atoms with E-state index in [-0.39, 0.29) is 5.91 Å². The maximum absolute atomic E-state index is 12.3. The fourth-order valence-corrected chi connectivity index (χ4v) is 1.88. The van der Waals surface area contributed by atoms with E-state index >= 15 is 0 Å². The lowest BCUT2D eigenvalue weighted by Gasteiger charge is -2.24. The Morgan fingerprint density at radius 2 is 2.15 bits per heavy atom. The Balaban J connectivity index is 2.65. The lowest BCUT2D eigenvalue weighted by atomic mass is 10.2.